The van der Waals surface area contributed by atoms with E-state index in [9.17, 15) is 23.3 Å². The SMILES string of the molecule is Cc1cc(NC(=O)CCNc2ccc(S(N)(=O)=O)cc2[N+](=O)[O-])ccc1Br. The number of nitrogens with zero attached hydrogens (tertiary/aromatic N) is 1. The van der Waals surface area contributed by atoms with E-state index in [0.717, 1.165) is 22.2 Å². The van der Waals surface area contributed by atoms with Gasteiger partial charge in [0, 0.05) is 29.2 Å². The first-order valence-corrected chi connectivity index (χ1v) is 10.0. The lowest BCUT2D eigenvalue weighted by atomic mass is 10.2. The van der Waals surface area contributed by atoms with Gasteiger partial charge >= 0.3 is 0 Å². The molecule has 4 N–H and O–H groups in total. The fourth-order valence-corrected chi connectivity index (χ4v) is 3.03. The number of carbonyl (C=O) groups excluding carboxylic acids is 1. The lowest BCUT2D eigenvalue weighted by Crippen LogP contribution is -2.17. The van der Waals surface area contributed by atoms with Gasteiger partial charge in [0.2, 0.25) is 15.9 Å². The molecule has 0 atom stereocenters. The third kappa shape index (κ3) is 5.74. The molecule has 0 aliphatic rings. The van der Waals surface area contributed by atoms with Gasteiger partial charge in [-0.25, -0.2) is 13.6 Å². The number of aryl methyl sites for hydroxylation is 1. The second-order valence-electron chi connectivity index (χ2n) is 5.67. The molecule has 2 aromatic rings. The smallest absolute Gasteiger partial charge is 0.293 e. The summed E-state index contributed by atoms with van der Waals surface area (Å²) in [5.41, 5.74) is 1.27. The molecule has 0 aliphatic carbocycles. The third-order valence-electron chi connectivity index (χ3n) is 3.60. The van der Waals surface area contributed by atoms with Crippen LogP contribution >= 0.6 is 15.9 Å². The van der Waals surface area contributed by atoms with Gasteiger partial charge in [0.1, 0.15) is 5.69 Å². The second-order valence-corrected chi connectivity index (χ2v) is 8.09. The van der Waals surface area contributed by atoms with E-state index in [4.69, 9.17) is 5.14 Å². The van der Waals surface area contributed by atoms with E-state index in [1.165, 1.54) is 6.07 Å². The quantitative estimate of drug-likeness (QED) is 0.431. The molecule has 0 saturated heterocycles. The Balaban J connectivity index is 2.00. The van der Waals surface area contributed by atoms with Crippen molar-refractivity contribution in [2.24, 2.45) is 5.14 Å². The van der Waals surface area contributed by atoms with Crippen LogP contribution in [-0.4, -0.2) is 25.8 Å². The van der Waals surface area contributed by atoms with Crippen LogP contribution in [-0.2, 0) is 14.8 Å². The fourth-order valence-electron chi connectivity index (χ4n) is 2.25. The number of nitro benzene ring substituents is 1. The Morgan fingerprint density at radius 3 is 2.56 bits per heavy atom. The average molecular weight is 457 g/mol. The van der Waals surface area contributed by atoms with Crippen molar-refractivity contribution in [1.82, 2.24) is 0 Å². The Hall–Kier alpha value is -2.50. The monoisotopic (exact) mass is 456 g/mol. The summed E-state index contributed by atoms with van der Waals surface area (Å²) in [4.78, 5) is 22.1. The molecular weight excluding hydrogens is 440 g/mol. The number of primary sulfonamides is 1. The lowest BCUT2D eigenvalue weighted by Gasteiger charge is -2.09. The summed E-state index contributed by atoms with van der Waals surface area (Å²) < 4.78 is 23.6. The molecule has 2 aromatic carbocycles. The van der Waals surface area contributed by atoms with Gasteiger partial charge in [-0.15, -0.1) is 0 Å². The topological polar surface area (TPSA) is 144 Å². The predicted molar refractivity (Wildman–Crippen MR) is 105 cm³/mol. The van der Waals surface area contributed by atoms with Gasteiger partial charge in [0.05, 0.1) is 9.82 Å². The van der Waals surface area contributed by atoms with Crippen LogP contribution in [0.5, 0.6) is 0 Å². The second kappa shape index (κ2) is 8.46. The van der Waals surface area contributed by atoms with Crippen LogP contribution in [0.15, 0.2) is 45.8 Å². The molecule has 27 heavy (non-hydrogen) atoms. The van der Waals surface area contributed by atoms with E-state index in [-0.39, 0.29) is 29.5 Å². The number of benzene rings is 2. The number of nitrogens with two attached hydrogens (primary N) is 1. The summed E-state index contributed by atoms with van der Waals surface area (Å²) in [7, 11) is -4.05. The fraction of sp³-hybridized carbons (Fsp3) is 0.188. The molecule has 0 unspecified atom stereocenters. The number of anilines is 2. The van der Waals surface area contributed by atoms with E-state index >= 15 is 0 Å². The highest BCUT2D eigenvalue weighted by molar-refractivity contribution is 9.10. The molecule has 2 rings (SSSR count). The first-order valence-electron chi connectivity index (χ1n) is 7.69. The highest BCUT2D eigenvalue weighted by Gasteiger charge is 2.19. The van der Waals surface area contributed by atoms with Crippen molar-refractivity contribution in [3.63, 3.8) is 0 Å². The van der Waals surface area contributed by atoms with Crippen molar-refractivity contribution >= 4 is 48.9 Å². The third-order valence-corrected chi connectivity index (χ3v) is 5.40. The van der Waals surface area contributed by atoms with Crippen molar-refractivity contribution in [1.29, 1.82) is 0 Å². The van der Waals surface area contributed by atoms with Gasteiger partial charge in [0.15, 0.2) is 0 Å². The molecular formula is C16H17BrN4O5S. The van der Waals surface area contributed by atoms with Crippen LogP contribution in [0, 0.1) is 17.0 Å². The molecule has 0 fully saturated rings. The summed E-state index contributed by atoms with van der Waals surface area (Å²) in [5, 5.41) is 21.6. The summed E-state index contributed by atoms with van der Waals surface area (Å²) in [6.07, 6.45) is 0.0587. The molecule has 11 heteroatoms. The van der Waals surface area contributed by atoms with Crippen LogP contribution in [0.3, 0.4) is 0 Å². The van der Waals surface area contributed by atoms with Gasteiger partial charge in [0.25, 0.3) is 5.69 Å². The van der Waals surface area contributed by atoms with Gasteiger partial charge in [-0.05, 0) is 42.8 Å². The van der Waals surface area contributed by atoms with E-state index in [2.05, 4.69) is 26.6 Å². The standard InChI is InChI=1S/C16H17BrN4O5S/c1-10-8-11(2-4-13(10)17)20-16(22)6-7-19-14-5-3-12(27(18,25)26)9-15(14)21(23)24/h2-5,8-9,19H,6-7H2,1H3,(H,20,22)(H2,18,25,26). The zero-order valence-electron chi connectivity index (χ0n) is 14.2. The minimum Gasteiger partial charge on any atom is -0.379 e. The minimum absolute atomic E-state index is 0.0587. The highest BCUT2D eigenvalue weighted by Crippen LogP contribution is 2.27. The number of halogens is 1. The first-order chi connectivity index (χ1) is 12.6. The predicted octanol–water partition coefficient (Wildman–Crippen LogP) is 2.75. The Morgan fingerprint density at radius 1 is 1.26 bits per heavy atom. The Bertz CT molecular complexity index is 994. The first kappa shape index (κ1) is 20.8. The van der Waals surface area contributed by atoms with Crippen molar-refractivity contribution in [3.8, 4) is 0 Å². The van der Waals surface area contributed by atoms with E-state index in [1.54, 1.807) is 6.07 Å². The molecule has 9 nitrogen and oxygen atoms in total. The van der Waals surface area contributed by atoms with E-state index in [1.807, 2.05) is 19.1 Å². The Kier molecular flexibility index (Phi) is 6.52. The van der Waals surface area contributed by atoms with Gasteiger partial charge in [-0.1, -0.05) is 15.9 Å². The van der Waals surface area contributed by atoms with Crippen molar-refractivity contribution in [2.45, 2.75) is 18.2 Å². The molecule has 0 spiro atoms. The van der Waals surface area contributed by atoms with Crippen molar-refractivity contribution in [3.05, 3.63) is 56.5 Å². The van der Waals surface area contributed by atoms with E-state index in [0.29, 0.717) is 5.69 Å². The van der Waals surface area contributed by atoms with Gasteiger partial charge in [-0.3, -0.25) is 14.9 Å². The summed E-state index contributed by atoms with van der Waals surface area (Å²) >= 11 is 3.38. The van der Waals surface area contributed by atoms with Crippen LogP contribution in [0.2, 0.25) is 0 Å². The number of nitro groups is 1. The van der Waals surface area contributed by atoms with Crippen LogP contribution in [0.1, 0.15) is 12.0 Å². The average Bonchev–Trinajstić information content (AvgIpc) is 2.57. The molecule has 0 aliphatic heterocycles. The maximum Gasteiger partial charge on any atom is 0.293 e. The summed E-state index contributed by atoms with van der Waals surface area (Å²) in [5.74, 6) is -0.270. The van der Waals surface area contributed by atoms with Gasteiger partial charge < -0.3 is 10.6 Å². The number of amides is 1. The maximum absolute atomic E-state index is 12.0. The lowest BCUT2D eigenvalue weighted by molar-refractivity contribution is -0.384. The number of carbonyl (C=O) groups is 1. The summed E-state index contributed by atoms with van der Waals surface area (Å²) in [6, 6.07) is 8.66. The van der Waals surface area contributed by atoms with Crippen molar-refractivity contribution < 1.29 is 18.1 Å². The van der Waals surface area contributed by atoms with Crippen LogP contribution in [0.4, 0.5) is 17.1 Å². The maximum atomic E-state index is 12.0. The minimum atomic E-state index is -4.05. The molecule has 0 saturated carbocycles. The van der Waals surface area contributed by atoms with E-state index < -0.39 is 20.6 Å². The Morgan fingerprint density at radius 2 is 1.96 bits per heavy atom. The Labute approximate surface area is 164 Å². The molecule has 1 amide bonds. The zero-order chi connectivity index (χ0) is 20.2. The van der Waals surface area contributed by atoms with Crippen LogP contribution in [0.25, 0.3) is 0 Å². The highest BCUT2D eigenvalue weighted by atomic mass is 79.9. The van der Waals surface area contributed by atoms with Crippen molar-refractivity contribution in [2.75, 3.05) is 17.2 Å². The normalized spacial score (nSPS) is 11.1. The number of hydrogen-bond acceptors (Lipinski definition) is 6. The molecule has 144 valence electrons. The molecule has 0 heterocycles. The number of nitrogens with one attached hydrogen (secondary N) is 2. The molecule has 0 radical (unpaired) electrons. The summed E-state index contributed by atoms with van der Waals surface area (Å²) in [6.45, 7) is 2.02. The number of rotatable bonds is 7. The van der Waals surface area contributed by atoms with Crippen LogP contribution < -0.4 is 15.8 Å². The number of hydrogen-bond donors (Lipinski definition) is 3. The molecule has 0 aromatic heterocycles. The zero-order valence-corrected chi connectivity index (χ0v) is 16.6. The largest absolute Gasteiger partial charge is 0.379 e. The number of sulfonamides is 1. The van der Waals surface area contributed by atoms with Gasteiger partial charge in [-0.2, -0.15) is 0 Å². The molecule has 0 bridgehead atoms.